The Kier molecular flexibility index (Phi) is 5.86. The molecule has 0 aromatic heterocycles. The highest BCUT2D eigenvalue weighted by molar-refractivity contribution is 5.68. The van der Waals surface area contributed by atoms with E-state index in [1.807, 2.05) is 0 Å². The Bertz CT molecular complexity index is 449. The van der Waals surface area contributed by atoms with Crippen LogP contribution >= 0.6 is 0 Å². The van der Waals surface area contributed by atoms with Crippen LogP contribution in [0.5, 0.6) is 0 Å². The Morgan fingerprint density at radius 1 is 1.09 bits per heavy atom. The van der Waals surface area contributed by atoms with Gasteiger partial charge in [-0.05, 0) is 6.92 Å². The van der Waals surface area contributed by atoms with Crippen LogP contribution in [0.1, 0.15) is 27.7 Å². The van der Waals surface area contributed by atoms with Gasteiger partial charge in [0.05, 0.1) is 6.61 Å². The molecule has 0 amide bonds. The van der Waals surface area contributed by atoms with Crippen molar-refractivity contribution in [1.29, 1.82) is 0 Å². The van der Waals surface area contributed by atoms with Crippen LogP contribution in [-0.2, 0) is 33.3 Å². The zero-order valence-electron chi connectivity index (χ0n) is 12.8. The summed E-state index contributed by atoms with van der Waals surface area (Å²) in [6.07, 6.45) is -5.51. The first-order chi connectivity index (χ1) is 10.1. The van der Waals surface area contributed by atoms with E-state index in [9.17, 15) is 24.6 Å². The normalized spacial score (nSPS) is 34.6. The summed E-state index contributed by atoms with van der Waals surface area (Å²) >= 11 is 0. The molecule has 1 unspecified atom stereocenters. The zero-order chi connectivity index (χ0) is 17.1. The van der Waals surface area contributed by atoms with E-state index >= 15 is 0 Å². The molecule has 1 saturated heterocycles. The van der Waals surface area contributed by atoms with Crippen LogP contribution in [0.3, 0.4) is 0 Å². The third-order valence-corrected chi connectivity index (χ3v) is 3.13. The molecule has 2 N–H and O–H groups in total. The maximum Gasteiger partial charge on any atom is 0.305 e. The van der Waals surface area contributed by atoms with E-state index in [-0.39, 0.29) is 0 Å². The molecule has 9 nitrogen and oxygen atoms in total. The quantitative estimate of drug-likeness (QED) is 0.489. The molecule has 126 valence electrons. The molecular formula is C13H20O9. The molecular weight excluding hydrogens is 300 g/mol. The van der Waals surface area contributed by atoms with Crippen molar-refractivity contribution in [3.63, 3.8) is 0 Å². The van der Waals surface area contributed by atoms with Gasteiger partial charge in [-0.1, -0.05) is 0 Å². The van der Waals surface area contributed by atoms with Crippen LogP contribution in [0.15, 0.2) is 0 Å². The second-order valence-corrected chi connectivity index (χ2v) is 5.10. The average Bonchev–Trinajstić information content (AvgIpc) is 2.36. The van der Waals surface area contributed by atoms with Crippen LogP contribution < -0.4 is 0 Å². The van der Waals surface area contributed by atoms with E-state index in [0.717, 1.165) is 20.8 Å². The molecule has 0 bridgehead atoms. The van der Waals surface area contributed by atoms with Crippen molar-refractivity contribution < 1.29 is 43.5 Å². The molecule has 0 spiro atoms. The number of carbonyl (C=O) groups excluding carboxylic acids is 3. The minimum absolute atomic E-state index is 0.618. The Hall–Kier alpha value is -1.71. The Morgan fingerprint density at radius 3 is 2.05 bits per heavy atom. The number of esters is 3. The van der Waals surface area contributed by atoms with E-state index in [2.05, 4.69) is 0 Å². The molecule has 22 heavy (non-hydrogen) atoms. The summed E-state index contributed by atoms with van der Waals surface area (Å²) in [5.74, 6) is -2.24. The van der Waals surface area contributed by atoms with Gasteiger partial charge in [-0.25, -0.2) is 0 Å². The Morgan fingerprint density at radius 2 is 1.64 bits per heavy atom. The van der Waals surface area contributed by atoms with Crippen LogP contribution in [0.4, 0.5) is 0 Å². The highest BCUT2D eigenvalue weighted by Crippen LogP contribution is 2.36. The predicted octanol–water partition coefficient (Wildman–Crippen LogP) is -1.12. The summed E-state index contributed by atoms with van der Waals surface area (Å²) in [5.41, 5.74) is -1.77. The maximum absolute atomic E-state index is 11.3. The Labute approximate surface area is 127 Å². The third kappa shape index (κ3) is 3.93. The van der Waals surface area contributed by atoms with Gasteiger partial charge < -0.3 is 29.2 Å². The zero-order valence-corrected chi connectivity index (χ0v) is 12.8. The highest BCUT2D eigenvalue weighted by atomic mass is 16.7. The second kappa shape index (κ2) is 7.03. The number of hydrogen-bond donors (Lipinski definition) is 2. The van der Waals surface area contributed by atoms with Crippen LogP contribution in [0.25, 0.3) is 0 Å². The molecule has 1 rings (SSSR count). The summed E-state index contributed by atoms with van der Waals surface area (Å²) < 4.78 is 20.3. The van der Waals surface area contributed by atoms with Crippen molar-refractivity contribution in [2.75, 3.05) is 6.61 Å². The number of aliphatic hydroxyl groups excluding tert-OH is 2. The minimum Gasteiger partial charge on any atom is -0.455 e. The van der Waals surface area contributed by atoms with Crippen LogP contribution in [0.2, 0.25) is 0 Å². The summed E-state index contributed by atoms with van der Waals surface area (Å²) in [6, 6.07) is 0. The van der Waals surface area contributed by atoms with Crippen LogP contribution in [0, 0.1) is 0 Å². The van der Waals surface area contributed by atoms with Gasteiger partial charge in [0.2, 0.25) is 11.9 Å². The van der Waals surface area contributed by atoms with E-state index in [4.69, 9.17) is 18.9 Å². The molecule has 0 radical (unpaired) electrons. The highest BCUT2D eigenvalue weighted by Gasteiger charge is 2.59. The SMILES string of the molecule is CC(=O)OC1O[C@H](CO)[C@@H](O)[C@H](OC(C)=O)[C@]1(C)OC(C)=O. The lowest BCUT2D eigenvalue weighted by Crippen LogP contribution is -2.68. The second-order valence-electron chi connectivity index (χ2n) is 5.10. The van der Waals surface area contributed by atoms with Crippen molar-refractivity contribution in [3.05, 3.63) is 0 Å². The van der Waals surface area contributed by atoms with Gasteiger partial charge in [-0.3, -0.25) is 14.4 Å². The summed E-state index contributed by atoms with van der Waals surface area (Å²) in [4.78, 5) is 33.8. The predicted molar refractivity (Wildman–Crippen MR) is 69.2 cm³/mol. The number of aliphatic hydroxyl groups is 2. The molecule has 1 heterocycles. The van der Waals surface area contributed by atoms with Gasteiger partial charge in [0, 0.05) is 20.8 Å². The van der Waals surface area contributed by atoms with Gasteiger partial charge in [-0.2, -0.15) is 0 Å². The molecule has 9 heteroatoms. The standard InChI is InChI=1S/C13H20O9/c1-6(15)19-11-10(18)9(5-14)21-12(20-7(2)16)13(11,4)22-8(3)17/h9-12,14,18H,5H2,1-4H3/t9-,10-,11+,12?,13+/m1/s1. The number of hydrogen-bond acceptors (Lipinski definition) is 9. The van der Waals surface area contributed by atoms with Gasteiger partial charge in [0.25, 0.3) is 0 Å². The lowest BCUT2D eigenvalue weighted by molar-refractivity contribution is -0.330. The van der Waals surface area contributed by atoms with E-state index < -0.39 is 54.7 Å². The Balaban J connectivity index is 3.24. The fraction of sp³-hybridized carbons (Fsp3) is 0.769. The largest absolute Gasteiger partial charge is 0.455 e. The first kappa shape index (κ1) is 18.3. The monoisotopic (exact) mass is 320 g/mol. The maximum atomic E-state index is 11.3. The summed E-state index contributed by atoms with van der Waals surface area (Å²) in [5, 5.41) is 19.4. The average molecular weight is 320 g/mol. The smallest absolute Gasteiger partial charge is 0.305 e. The third-order valence-electron chi connectivity index (χ3n) is 3.13. The van der Waals surface area contributed by atoms with E-state index in [1.54, 1.807) is 0 Å². The van der Waals surface area contributed by atoms with E-state index in [0.29, 0.717) is 0 Å². The molecule has 5 atom stereocenters. The van der Waals surface area contributed by atoms with Gasteiger partial charge in [0.1, 0.15) is 12.2 Å². The number of rotatable bonds is 4. The van der Waals surface area contributed by atoms with Crippen molar-refractivity contribution in [3.8, 4) is 0 Å². The molecule has 1 fully saturated rings. The molecule has 0 saturated carbocycles. The lowest BCUT2D eigenvalue weighted by atomic mass is 9.87. The topological polar surface area (TPSA) is 129 Å². The summed E-state index contributed by atoms with van der Waals surface area (Å²) in [6.45, 7) is 3.99. The number of carbonyl (C=O) groups is 3. The minimum atomic E-state index is -1.77. The first-order valence-corrected chi connectivity index (χ1v) is 6.60. The van der Waals surface area contributed by atoms with Gasteiger partial charge in [-0.15, -0.1) is 0 Å². The van der Waals surface area contributed by atoms with Crippen molar-refractivity contribution in [1.82, 2.24) is 0 Å². The molecule has 1 aliphatic rings. The fourth-order valence-corrected chi connectivity index (χ4v) is 2.27. The molecule has 0 aromatic rings. The molecule has 0 aliphatic carbocycles. The summed E-state index contributed by atoms with van der Waals surface area (Å²) in [7, 11) is 0. The first-order valence-electron chi connectivity index (χ1n) is 6.60. The van der Waals surface area contributed by atoms with Crippen molar-refractivity contribution in [2.45, 2.75) is 57.9 Å². The van der Waals surface area contributed by atoms with E-state index in [1.165, 1.54) is 6.92 Å². The fourth-order valence-electron chi connectivity index (χ4n) is 2.27. The van der Waals surface area contributed by atoms with Crippen LogP contribution in [-0.4, -0.2) is 64.9 Å². The van der Waals surface area contributed by atoms with Gasteiger partial charge in [0.15, 0.2) is 6.10 Å². The lowest BCUT2D eigenvalue weighted by Gasteiger charge is -2.48. The van der Waals surface area contributed by atoms with Gasteiger partial charge >= 0.3 is 17.9 Å². The molecule has 0 aromatic carbocycles. The number of ether oxygens (including phenoxy) is 4. The molecule has 1 aliphatic heterocycles. The van der Waals surface area contributed by atoms with Crippen molar-refractivity contribution >= 4 is 17.9 Å². The van der Waals surface area contributed by atoms with Crippen molar-refractivity contribution in [2.24, 2.45) is 0 Å².